The van der Waals surface area contributed by atoms with Crippen molar-refractivity contribution >= 4 is 12.2 Å². The Hall–Kier alpha value is -2.50. The molecular weight excluding hydrogens is 344 g/mol. The molecule has 1 saturated carbocycles. The van der Waals surface area contributed by atoms with Gasteiger partial charge in [0.2, 0.25) is 0 Å². The van der Waals surface area contributed by atoms with Crippen LogP contribution in [0.1, 0.15) is 39.2 Å². The maximum Gasteiger partial charge on any atom is 0.410 e. The predicted octanol–water partition coefficient (Wildman–Crippen LogP) is 3.87. The number of likely N-dealkylation sites (tertiary alicyclic amines) is 1. The summed E-state index contributed by atoms with van der Waals surface area (Å²) >= 11 is 0. The van der Waals surface area contributed by atoms with Crippen molar-refractivity contribution < 1.29 is 19.1 Å². The minimum absolute atomic E-state index is 0.127. The van der Waals surface area contributed by atoms with E-state index >= 15 is 0 Å². The second-order valence-electron chi connectivity index (χ2n) is 8.53. The standard InChI is InChI=1S/C21H28N2O4/c1-15-10-17-12-23(19(25)26-13-16-8-6-5-7-9-16)14-21(17,11-15)22-18(24)27-20(2,3)4/h5-9,17H,1,10-14H2,2-4H3,(H,22,24)/t17-,21-/m1/s1. The van der Waals surface area contributed by atoms with Gasteiger partial charge in [-0.2, -0.15) is 0 Å². The van der Waals surface area contributed by atoms with Crippen molar-refractivity contribution in [2.24, 2.45) is 5.92 Å². The second-order valence-corrected chi connectivity index (χ2v) is 8.53. The van der Waals surface area contributed by atoms with Gasteiger partial charge in [0.05, 0.1) is 5.54 Å². The van der Waals surface area contributed by atoms with Gasteiger partial charge in [-0.25, -0.2) is 9.59 Å². The molecule has 1 N–H and O–H groups in total. The summed E-state index contributed by atoms with van der Waals surface area (Å²) in [4.78, 5) is 26.6. The first kappa shape index (κ1) is 19.3. The molecule has 1 aromatic rings. The second kappa shape index (κ2) is 7.25. The molecule has 0 aromatic heterocycles. The highest BCUT2D eigenvalue weighted by Gasteiger charge is 2.53. The highest BCUT2D eigenvalue weighted by atomic mass is 16.6. The molecule has 146 valence electrons. The van der Waals surface area contributed by atoms with Crippen molar-refractivity contribution in [2.45, 2.75) is 51.4 Å². The summed E-state index contributed by atoms with van der Waals surface area (Å²) in [6, 6.07) is 9.58. The van der Waals surface area contributed by atoms with Crippen LogP contribution in [0.3, 0.4) is 0 Å². The lowest BCUT2D eigenvalue weighted by molar-refractivity contribution is 0.0442. The number of hydrogen-bond donors (Lipinski definition) is 1. The van der Waals surface area contributed by atoms with E-state index in [2.05, 4.69) is 11.9 Å². The predicted molar refractivity (Wildman–Crippen MR) is 102 cm³/mol. The van der Waals surface area contributed by atoms with Crippen molar-refractivity contribution in [1.82, 2.24) is 10.2 Å². The molecule has 3 rings (SSSR count). The van der Waals surface area contributed by atoms with E-state index < -0.39 is 17.2 Å². The number of ether oxygens (including phenoxy) is 2. The molecule has 0 unspecified atom stereocenters. The van der Waals surface area contributed by atoms with Crippen molar-refractivity contribution in [1.29, 1.82) is 0 Å². The Bertz CT molecular complexity index is 725. The third-order valence-electron chi connectivity index (χ3n) is 5.01. The zero-order valence-corrected chi connectivity index (χ0v) is 16.3. The van der Waals surface area contributed by atoms with Crippen LogP contribution in [0, 0.1) is 5.92 Å². The van der Waals surface area contributed by atoms with Crippen LogP contribution in [-0.4, -0.2) is 41.3 Å². The molecule has 1 aliphatic heterocycles. The number of nitrogens with zero attached hydrogens (tertiary/aromatic N) is 1. The van der Waals surface area contributed by atoms with E-state index in [1.807, 2.05) is 51.1 Å². The number of amides is 2. The highest BCUT2D eigenvalue weighted by Crippen LogP contribution is 2.44. The minimum atomic E-state index is -0.571. The first-order chi connectivity index (χ1) is 12.7. The van der Waals surface area contributed by atoms with Gasteiger partial charge in [-0.3, -0.25) is 0 Å². The van der Waals surface area contributed by atoms with Crippen molar-refractivity contribution in [2.75, 3.05) is 13.1 Å². The van der Waals surface area contributed by atoms with Gasteiger partial charge in [0.25, 0.3) is 0 Å². The van der Waals surface area contributed by atoms with E-state index in [-0.39, 0.29) is 18.6 Å². The number of rotatable bonds is 3. The topological polar surface area (TPSA) is 67.9 Å². The Labute approximate surface area is 160 Å². The van der Waals surface area contributed by atoms with E-state index in [4.69, 9.17) is 9.47 Å². The average Bonchev–Trinajstić information content (AvgIpc) is 3.03. The van der Waals surface area contributed by atoms with Gasteiger partial charge in [0.1, 0.15) is 12.2 Å². The van der Waals surface area contributed by atoms with Crippen LogP contribution in [0.25, 0.3) is 0 Å². The number of benzene rings is 1. The molecule has 1 aromatic carbocycles. The normalized spacial score (nSPS) is 24.5. The lowest BCUT2D eigenvalue weighted by Gasteiger charge is -2.31. The van der Waals surface area contributed by atoms with Gasteiger partial charge < -0.3 is 19.7 Å². The van der Waals surface area contributed by atoms with E-state index in [1.54, 1.807) is 4.90 Å². The molecule has 1 saturated heterocycles. The molecule has 2 fully saturated rings. The SMILES string of the molecule is C=C1C[C@@H]2CN(C(=O)OCc3ccccc3)C[C@]2(NC(=O)OC(C)(C)C)C1. The molecule has 6 nitrogen and oxygen atoms in total. The Morgan fingerprint density at radius 1 is 1.30 bits per heavy atom. The lowest BCUT2D eigenvalue weighted by Crippen LogP contribution is -2.53. The number of fused-ring (bicyclic) bond motifs is 1. The van der Waals surface area contributed by atoms with Gasteiger partial charge >= 0.3 is 12.2 Å². The molecule has 0 radical (unpaired) electrons. The van der Waals surface area contributed by atoms with Crippen LogP contribution in [0.2, 0.25) is 0 Å². The zero-order chi connectivity index (χ0) is 19.7. The molecular formula is C21H28N2O4. The largest absolute Gasteiger partial charge is 0.445 e. The molecule has 1 aliphatic carbocycles. The zero-order valence-electron chi connectivity index (χ0n) is 16.3. The molecule has 6 heteroatoms. The molecule has 27 heavy (non-hydrogen) atoms. The minimum Gasteiger partial charge on any atom is -0.445 e. The summed E-state index contributed by atoms with van der Waals surface area (Å²) in [5, 5.41) is 3.03. The maximum atomic E-state index is 12.5. The smallest absolute Gasteiger partial charge is 0.410 e. The quantitative estimate of drug-likeness (QED) is 0.818. The van der Waals surface area contributed by atoms with E-state index in [1.165, 1.54) is 0 Å². The van der Waals surface area contributed by atoms with E-state index in [0.717, 1.165) is 17.6 Å². The Balaban J connectivity index is 1.63. The monoisotopic (exact) mass is 372 g/mol. The third kappa shape index (κ3) is 4.62. The van der Waals surface area contributed by atoms with Crippen LogP contribution in [0.4, 0.5) is 9.59 Å². The maximum absolute atomic E-state index is 12.5. The number of carbonyl (C=O) groups excluding carboxylic acids is 2. The first-order valence-electron chi connectivity index (χ1n) is 9.30. The highest BCUT2D eigenvalue weighted by molar-refractivity contribution is 5.71. The van der Waals surface area contributed by atoms with E-state index in [0.29, 0.717) is 19.5 Å². The lowest BCUT2D eigenvalue weighted by atomic mass is 9.91. The van der Waals surface area contributed by atoms with Gasteiger partial charge in [-0.05, 0) is 39.2 Å². The van der Waals surface area contributed by atoms with Crippen molar-refractivity contribution in [3.63, 3.8) is 0 Å². The van der Waals surface area contributed by atoms with Gasteiger partial charge in [-0.15, -0.1) is 0 Å². The number of alkyl carbamates (subject to hydrolysis) is 1. The van der Waals surface area contributed by atoms with Crippen LogP contribution in [-0.2, 0) is 16.1 Å². The van der Waals surface area contributed by atoms with Crippen LogP contribution >= 0.6 is 0 Å². The first-order valence-corrected chi connectivity index (χ1v) is 9.30. The van der Waals surface area contributed by atoms with Crippen LogP contribution in [0.5, 0.6) is 0 Å². The summed E-state index contributed by atoms with van der Waals surface area (Å²) in [5.74, 6) is 0.127. The Morgan fingerprint density at radius 3 is 2.67 bits per heavy atom. The fourth-order valence-corrected chi connectivity index (χ4v) is 3.94. The molecule has 2 amide bonds. The van der Waals surface area contributed by atoms with E-state index in [9.17, 15) is 9.59 Å². The van der Waals surface area contributed by atoms with Crippen molar-refractivity contribution in [3.8, 4) is 0 Å². The van der Waals surface area contributed by atoms with Crippen LogP contribution in [0.15, 0.2) is 42.5 Å². The Morgan fingerprint density at radius 2 is 2.00 bits per heavy atom. The number of hydrogen-bond acceptors (Lipinski definition) is 4. The fraction of sp³-hybridized carbons (Fsp3) is 0.524. The van der Waals surface area contributed by atoms with Crippen LogP contribution < -0.4 is 5.32 Å². The average molecular weight is 372 g/mol. The molecule has 1 heterocycles. The third-order valence-corrected chi connectivity index (χ3v) is 5.01. The molecule has 2 atom stereocenters. The number of nitrogens with one attached hydrogen (secondary N) is 1. The summed E-state index contributed by atoms with van der Waals surface area (Å²) in [7, 11) is 0. The van der Waals surface area contributed by atoms with Crippen molar-refractivity contribution in [3.05, 3.63) is 48.0 Å². The molecule has 0 bridgehead atoms. The van der Waals surface area contributed by atoms with Gasteiger partial charge in [0.15, 0.2) is 0 Å². The molecule has 2 aliphatic rings. The van der Waals surface area contributed by atoms with Gasteiger partial charge in [-0.1, -0.05) is 42.5 Å². The molecule has 0 spiro atoms. The van der Waals surface area contributed by atoms with Gasteiger partial charge in [0, 0.05) is 19.0 Å². The summed E-state index contributed by atoms with van der Waals surface area (Å²) < 4.78 is 10.9. The fourth-order valence-electron chi connectivity index (χ4n) is 3.94. The Kier molecular flexibility index (Phi) is 5.18. The summed E-state index contributed by atoms with van der Waals surface area (Å²) in [5.41, 5.74) is 0.942. The summed E-state index contributed by atoms with van der Waals surface area (Å²) in [6.07, 6.45) is 0.628. The number of carbonyl (C=O) groups is 2. The summed E-state index contributed by atoms with van der Waals surface area (Å²) in [6.45, 7) is 10.8.